The molecule has 0 amide bonds. The Labute approximate surface area is 124 Å². The monoisotopic (exact) mass is 284 g/mol. The number of aromatic nitrogens is 1. The van der Waals surface area contributed by atoms with Crippen molar-refractivity contribution in [3.63, 3.8) is 0 Å². The molecule has 0 radical (unpaired) electrons. The number of fused-ring (bicyclic) bond motifs is 1. The van der Waals surface area contributed by atoms with Crippen LogP contribution in [-0.2, 0) is 0 Å². The number of aromatic amines is 1. The largest absolute Gasteiger partial charge is 0.350 e. The van der Waals surface area contributed by atoms with Crippen LogP contribution < -0.4 is 0 Å². The Kier molecular flexibility index (Phi) is 4.03. The second-order valence-electron chi connectivity index (χ2n) is 5.70. The fourth-order valence-corrected chi connectivity index (χ4v) is 4.55. The highest BCUT2D eigenvalue weighted by Gasteiger charge is 2.30. The van der Waals surface area contributed by atoms with Crippen LogP contribution in [0, 0.1) is 23.2 Å². The molecule has 0 saturated heterocycles. The topological polar surface area (TPSA) is 39.6 Å². The zero-order chi connectivity index (χ0) is 13.9. The maximum absolute atomic E-state index is 9.36. The van der Waals surface area contributed by atoms with Gasteiger partial charge in [-0.25, -0.2) is 0 Å². The third-order valence-corrected chi connectivity index (χ3v) is 5.72. The minimum absolute atomic E-state index is 0.203. The SMILES string of the molecule is CCC1CCC(C#N)C(Sc2cc3ccccc3[nH]2)C1. The molecule has 3 unspecified atom stereocenters. The molecule has 2 nitrogen and oxygen atoms in total. The molecule has 1 fully saturated rings. The lowest BCUT2D eigenvalue weighted by molar-refractivity contribution is 0.317. The second-order valence-corrected chi connectivity index (χ2v) is 6.98. The van der Waals surface area contributed by atoms with E-state index in [-0.39, 0.29) is 5.92 Å². The third kappa shape index (κ3) is 2.71. The zero-order valence-electron chi connectivity index (χ0n) is 11.8. The molecule has 3 rings (SSSR count). The van der Waals surface area contributed by atoms with Crippen molar-refractivity contribution in [3.05, 3.63) is 30.3 Å². The molecule has 1 aliphatic carbocycles. The first-order chi connectivity index (χ1) is 9.80. The van der Waals surface area contributed by atoms with Crippen molar-refractivity contribution >= 4 is 22.7 Å². The molecular formula is C17H20N2S. The van der Waals surface area contributed by atoms with Crippen molar-refractivity contribution in [1.82, 2.24) is 4.98 Å². The molecule has 1 aromatic heterocycles. The van der Waals surface area contributed by atoms with Crippen molar-refractivity contribution in [2.24, 2.45) is 11.8 Å². The first kappa shape index (κ1) is 13.6. The minimum atomic E-state index is 0.203. The Morgan fingerprint density at radius 2 is 2.20 bits per heavy atom. The lowest BCUT2D eigenvalue weighted by Crippen LogP contribution is -2.25. The van der Waals surface area contributed by atoms with Gasteiger partial charge in [0.05, 0.1) is 17.0 Å². The van der Waals surface area contributed by atoms with Gasteiger partial charge >= 0.3 is 0 Å². The number of nitrogens with zero attached hydrogens (tertiary/aromatic N) is 1. The van der Waals surface area contributed by atoms with Crippen molar-refractivity contribution in [2.45, 2.75) is 42.9 Å². The highest BCUT2D eigenvalue weighted by atomic mass is 32.2. The molecule has 2 aromatic rings. The van der Waals surface area contributed by atoms with Crippen LogP contribution in [0.1, 0.15) is 32.6 Å². The highest BCUT2D eigenvalue weighted by molar-refractivity contribution is 7.99. The lowest BCUT2D eigenvalue weighted by Gasteiger charge is -2.31. The van der Waals surface area contributed by atoms with Crippen LogP contribution in [0.2, 0.25) is 0 Å². The van der Waals surface area contributed by atoms with E-state index in [1.807, 2.05) is 11.8 Å². The Bertz CT molecular complexity index is 592. The third-order valence-electron chi connectivity index (χ3n) is 4.43. The van der Waals surface area contributed by atoms with E-state index in [4.69, 9.17) is 0 Å². The molecule has 0 spiro atoms. The molecule has 1 saturated carbocycles. The molecule has 1 heterocycles. The quantitative estimate of drug-likeness (QED) is 0.863. The van der Waals surface area contributed by atoms with E-state index in [1.165, 1.54) is 35.2 Å². The number of benzene rings is 1. The van der Waals surface area contributed by atoms with Crippen LogP contribution in [0.4, 0.5) is 0 Å². The van der Waals surface area contributed by atoms with E-state index in [2.05, 4.69) is 48.3 Å². The predicted molar refractivity (Wildman–Crippen MR) is 84.7 cm³/mol. The molecule has 3 heteroatoms. The summed E-state index contributed by atoms with van der Waals surface area (Å²) in [6, 6.07) is 13.1. The summed E-state index contributed by atoms with van der Waals surface area (Å²) < 4.78 is 0. The molecular weight excluding hydrogens is 264 g/mol. The van der Waals surface area contributed by atoms with E-state index in [0.717, 1.165) is 12.3 Å². The van der Waals surface area contributed by atoms with Gasteiger partial charge in [-0.1, -0.05) is 31.5 Å². The molecule has 0 bridgehead atoms. The van der Waals surface area contributed by atoms with Crippen LogP contribution in [0.15, 0.2) is 35.4 Å². The highest BCUT2D eigenvalue weighted by Crippen LogP contribution is 2.40. The molecule has 1 N–H and O–H groups in total. The van der Waals surface area contributed by atoms with Crippen LogP contribution in [0.3, 0.4) is 0 Å². The standard InChI is InChI=1S/C17H20N2S/c1-2-12-7-8-14(11-18)16(9-12)20-17-10-13-5-3-4-6-15(13)19-17/h3-6,10,12,14,16,19H,2,7-9H2,1H3. The fourth-order valence-electron chi connectivity index (χ4n) is 3.13. The van der Waals surface area contributed by atoms with Crippen LogP contribution in [0.5, 0.6) is 0 Å². The van der Waals surface area contributed by atoms with E-state index in [9.17, 15) is 5.26 Å². The summed E-state index contributed by atoms with van der Waals surface area (Å²) in [5, 5.41) is 12.3. The molecule has 1 aliphatic rings. The van der Waals surface area contributed by atoms with E-state index in [0.29, 0.717) is 5.25 Å². The smallest absolute Gasteiger partial charge is 0.0735 e. The van der Waals surface area contributed by atoms with Gasteiger partial charge in [0.1, 0.15) is 0 Å². The van der Waals surface area contributed by atoms with E-state index in [1.54, 1.807) is 0 Å². The average Bonchev–Trinajstić information content (AvgIpc) is 2.89. The Morgan fingerprint density at radius 3 is 2.95 bits per heavy atom. The summed E-state index contributed by atoms with van der Waals surface area (Å²) in [6.07, 6.45) is 4.70. The number of thioether (sulfide) groups is 1. The summed E-state index contributed by atoms with van der Waals surface area (Å²) in [5.74, 6) is 0.996. The van der Waals surface area contributed by atoms with Crippen LogP contribution in [0.25, 0.3) is 10.9 Å². The number of H-pyrrole nitrogens is 1. The number of rotatable bonds is 3. The average molecular weight is 284 g/mol. The van der Waals surface area contributed by atoms with E-state index >= 15 is 0 Å². The molecule has 0 aliphatic heterocycles. The zero-order valence-corrected chi connectivity index (χ0v) is 12.6. The van der Waals surface area contributed by atoms with Crippen LogP contribution in [-0.4, -0.2) is 10.2 Å². The Hall–Kier alpha value is -1.40. The Morgan fingerprint density at radius 1 is 1.35 bits per heavy atom. The lowest BCUT2D eigenvalue weighted by atomic mass is 9.81. The Balaban J connectivity index is 1.79. The van der Waals surface area contributed by atoms with Gasteiger partial charge in [-0.05, 0) is 37.3 Å². The number of nitriles is 1. The van der Waals surface area contributed by atoms with Gasteiger partial charge in [0.25, 0.3) is 0 Å². The molecule has 3 atom stereocenters. The minimum Gasteiger partial charge on any atom is -0.350 e. The van der Waals surface area contributed by atoms with Gasteiger partial charge in [0, 0.05) is 16.2 Å². The second kappa shape index (κ2) is 5.93. The summed E-state index contributed by atoms with van der Waals surface area (Å²) in [4.78, 5) is 3.47. The predicted octanol–water partition coefficient (Wildman–Crippen LogP) is 4.98. The van der Waals surface area contributed by atoms with Gasteiger partial charge in [-0.2, -0.15) is 5.26 Å². The first-order valence-corrected chi connectivity index (χ1v) is 8.32. The maximum atomic E-state index is 9.36. The first-order valence-electron chi connectivity index (χ1n) is 7.44. The molecule has 104 valence electrons. The number of hydrogen-bond donors (Lipinski definition) is 1. The van der Waals surface area contributed by atoms with Crippen molar-refractivity contribution in [3.8, 4) is 6.07 Å². The maximum Gasteiger partial charge on any atom is 0.0735 e. The van der Waals surface area contributed by atoms with Gasteiger partial charge < -0.3 is 4.98 Å². The normalized spacial score (nSPS) is 26.5. The van der Waals surface area contributed by atoms with Crippen molar-refractivity contribution in [2.75, 3.05) is 0 Å². The molecule has 1 aromatic carbocycles. The van der Waals surface area contributed by atoms with Gasteiger partial charge in [0.2, 0.25) is 0 Å². The summed E-state index contributed by atoms with van der Waals surface area (Å²) in [7, 11) is 0. The molecule has 20 heavy (non-hydrogen) atoms. The number of hydrogen-bond acceptors (Lipinski definition) is 2. The van der Waals surface area contributed by atoms with Gasteiger partial charge in [-0.15, -0.1) is 11.8 Å². The van der Waals surface area contributed by atoms with Crippen molar-refractivity contribution < 1.29 is 0 Å². The summed E-state index contributed by atoms with van der Waals surface area (Å²) >= 11 is 1.86. The van der Waals surface area contributed by atoms with E-state index < -0.39 is 0 Å². The van der Waals surface area contributed by atoms with Gasteiger partial charge in [-0.3, -0.25) is 0 Å². The van der Waals surface area contributed by atoms with Crippen molar-refractivity contribution in [1.29, 1.82) is 5.26 Å². The fraction of sp³-hybridized carbons (Fsp3) is 0.471. The van der Waals surface area contributed by atoms with Crippen LogP contribution >= 0.6 is 11.8 Å². The van der Waals surface area contributed by atoms with Gasteiger partial charge in [0.15, 0.2) is 0 Å². The summed E-state index contributed by atoms with van der Waals surface area (Å²) in [5.41, 5.74) is 1.19. The summed E-state index contributed by atoms with van der Waals surface area (Å²) in [6.45, 7) is 2.27. The number of para-hydroxylation sites is 1. The number of nitrogens with one attached hydrogen (secondary N) is 1.